The first-order valence-electron chi connectivity index (χ1n) is 11.0. The summed E-state index contributed by atoms with van der Waals surface area (Å²) in [5, 5.41) is 0. The van der Waals surface area contributed by atoms with Crippen molar-refractivity contribution in [2.75, 3.05) is 60.1 Å². The lowest BCUT2D eigenvalue weighted by Crippen LogP contribution is -2.47. The number of halogens is 2. The summed E-state index contributed by atoms with van der Waals surface area (Å²) in [6.45, 7) is 11.6. The third kappa shape index (κ3) is 8.36. The van der Waals surface area contributed by atoms with Crippen molar-refractivity contribution in [3.05, 3.63) is 53.6 Å². The number of methoxy groups -OCH3 is 2. The first kappa shape index (κ1) is 28.4. The summed E-state index contributed by atoms with van der Waals surface area (Å²) >= 11 is 0. The third-order valence-electron chi connectivity index (χ3n) is 5.85. The maximum Gasteiger partial charge on any atom is 0.160 e. The topological polar surface area (TPSA) is 34.2 Å². The Kier molecular flexibility index (Phi) is 12.8. The van der Waals surface area contributed by atoms with E-state index in [1.54, 1.807) is 14.2 Å². The fourth-order valence-corrected chi connectivity index (χ4v) is 3.80. The molecule has 32 heavy (non-hydrogen) atoms. The van der Waals surface area contributed by atoms with E-state index < -0.39 is 0 Å². The van der Waals surface area contributed by atoms with Crippen LogP contribution in [-0.4, -0.2) is 69.9 Å². The molecule has 3 rings (SSSR count). The van der Waals surface area contributed by atoms with Gasteiger partial charge in [0, 0.05) is 39.3 Å². The first-order valence-corrected chi connectivity index (χ1v) is 11.0. The Bertz CT molecular complexity index is 779. The van der Waals surface area contributed by atoms with E-state index in [1.807, 2.05) is 6.07 Å². The summed E-state index contributed by atoms with van der Waals surface area (Å²) in [5.41, 5.74) is 2.64. The van der Waals surface area contributed by atoms with E-state index in [0.29, 0.717) is 5.92 Å². The van der Waals surface area contributed by atoms with Crippen LogP contribution in [0.3, 0.4) is 0 Å². The van der Waals surface area contributed by atoms with Crippen molar-refractivity contribution in [3.63, 3.8) is 0 Å². The fraction of sp³-hybridized carbons (Fsp3) is 0.520. The zero-order chi connectivity index (χ0) is 21.3. The first-order chi connectivity index (χ1) is 14.6. The molecule has 1 aliphatic heterocycles. The van der Waals surface area contributed by atoms with Gasteiger partial charge in [0.15, 0.2) is 11.5 Å². The summed E-state index contributed by atoms with van der Waals surface area (Å²) in [4.78, 5) is 5.04. The average molecular weight is 485 g/mol. The standard InChI is InChI=1S/C25H36N2O3.2ClH/c1-20(2)22-6-8-23(9-7-22)30-18-17-27-15-13-26(14-16-27)12-11-21-5-10-24(28-3)25(19-21)29-4;;/h5-10,19-20H,11-18H2,1-4H3;2*1H. The van der Waals surface area contributed by atoms with Crippen molar-refractivity contribution in [1.29, 1.82) is 0 Å². The maximum atomic E-state index is 5.94. The van der Waals surface area contributed by atoms with Crippen molar-refractivity contribution < 1.29 is 14.2 Å². The SMILES string of the molecule is COc1ccc(CCN2CCN(CCOc3ccc(C(C)C)cc3)CC2)cc1OC.Cl.Cl. The number of hydrogen-bond acceptors (Lipinski definition) is 5. The monoisotopic (exact) mass is 484 g/mol. The largest absolute Gasteiger partial charge is 0.493 e. The minimum absolute atomic E-state index is 0. The molecule has 7 heteroatoms. The lowest BCUT2D eigenvalue weighted by molar-refractivity contribution is 0.118. The van der Waals surface area contributed by atoms with Crippen LogP contribution in [0.4, 0.5) is 0 Å². The highest BCUT2D eigenvalue weighted by atomic mass is 35.5. The summed E-state index contributed by atoms with van der Waals surface area (Å²) in [7, 11) is 3.36. The number of hydrogen-bond donors (Lipinski definition) is 0. The summed E-state index contributed by atoms with van der Waals surface area (Å²) in [5.74, 6) is 3.11. The van der Waals surface area contributed by atoms with Crippen molar-refractivity contribution in [1.82, 2.24) is 9.80 Å². The Labute approximate surface area is 205 Å². The quantitative estimate of drug-likeness (QED) is 0.478. The highest BCUT2D eigenvalue weighted by molar-refractivity contribution is 5.85. The van der Waals surface area contributed by atoms with E-state index in [-0.39, 0.29) is 24.8 Å². The smallest absolute Gasteiger partial charge is 0.160 e. The predicted octanol–water partition coefficient (Wildman–Crippen LogP) is 4.91. The van der Waals surface area contributed by atoms with E-state index in [9.17, 15) is 0 Å². The van der Waals surface area contributed by atoms with E-state index in [2.05, 4.69) is 60.0 Å². The summed E-state index contributed by atoms with van der Waals surface area (Å²) in [6.07, 6.45) is 1.02. The van der Waals surface area contributed by atoms with Crippen LogP contribution in [0.25, 0.3) is 0 Å². The van der Waals surface area contributed by atoms with E-state index >= 15 is 0 Å². The van der Waals surface area contributed by atoms with E-state index in [0.717, 1.165) is 69.5 Å². The molecule has 0 aliphatic carbocycles. The van der Waals surface area contributed by atoms with E-state index in [1.165, 1.54) is 11.1 Å². The van der Waals surface area contributed by atoms with Gasteiger partial charge < -0.3 is 19.1 Å². The highest BCUT2D eigenvalue weighted by Crippen LogP contribution is 2.27. The van der Waals surface area contributed by atoms with Gasteiger partial charge in [0.2, 0.25) is 0 Å². The van der Waals surface area contributed by atoms with Gasteiger partial charge in [-0.1, -0.05) is 32.0 Å². The van der Waals surface area contributed by atoms with Gasteiger partial charge in [-0.25, -0.2) is 0 Å². The number of ether oxygens (including phenoxy) is 3. The second-order valence-electron chi connectivity index (χ2n) is 8.19. The zero-order valence-corrected chi connectivity index (χ0v) is 21.3. The van der Waals surface area contributed by atoms with Crippen molar-refractivity contribution in [2.45, 2.75) is 26.2 Å². The van der Waals surface area contributed by atoms with Crippen LogP contribution in [0.5, 0.6) is 17.2 Å². The number of piperazine rings is 1. The second-order valence-corrected chi connectivity index (χ2v) is 8.19. The molecular formula is C25H38Cl2N2O3. The molecule has 0 bridgehead atoms. The van der Waals surface area contributed by atoms with Gasteiger partial charge in [-0.2, -0.15) is 0 Å². The normalized spacial score (nSPS) is 14.4. The lowest BCUT2D eigenvalue weighted by Gasteiger charge is -2.34. The van der Waals surface area contributed by atoms with Gasteiger partial charge in [-0.3, -0.25) is 4.90 Å². The van der Waals surface area contributed by atoms with Gasteiger partial charge in [-0.05, 0) is 47.7 Å². The summed E-state index contributed by atoms with van der Waals surface area (Å²) in [6, 6.07) is 14.7. The molecule has 0 atom stereocenters. The highest BCUT2D eigenvalue weighted by Gasteiger charge is 2.16. The molecule has 2 aromatic rings. The molecule has 2 aromatic carbocycles. The summed E-state index contributed by atoms with van der Waals surface area (Å²) < 4.78 is 16.7. The molecule has 0 unspecified atom stereocenters. The number of benzene rings is 2. The third-order valence-corrected chi connectivity index (χ3v) is 5.85. The predicted molar refractivity (Wildman–Crippen MR) is 137 cm³/mol. The molecule has 0 radical (unpaired) electrons. The minimum Gasteiger partial charge on any atom is -0.493 e. The van der Waals surface area contributed by atoms with Crippen LogP contribution in [0, 0.1) is 0 Å². The Hall–Kier alpha value is -1.66. The van der Waals surface area contributed by atoms with Crippen molar-refractivity contribution >= 4 is 24.8 Å². The van der Waals surface area contributed by atoms with Gasteiger partial charge in [0.05, 0.1) is 14.2 Å². The number of nitrogens with zero attached hydrogens (tertiary/aromatic N) is 2. The Balaban J connectivity index is 0.00000256. The molecule has 1 heterocycles. The van der Waals surface area contributed by atoms with Crippen LogP contribution >= 0.6 is 24.8 Å². The van der Waals surface area contributed by atoms with Crippen LogP contribution < -0.4 is 14.2 Å². The maximum absolute atomic E-state index is 5.94. The Morgan fingerprint density at radius 2 is 1.38 bits per heavy atom. The minimum atomic E-state index is 0. The molecule has 1 aliphatic rings. The zero-order valence-electron chi connectivity index (χ0n) is 19.7. The molecule has 0 saturated carbocycles. The molecule has 1 fully saturated rings. The number of rotatable bonds is 10. The van der Waals surface area contributed by atoms with Gasteiger partial charge in [0.1, 0.15) is 12.4 Å². The lowest BCUT2D eigenvalue weighted by atomic mass is 10.0. The molecule has 5 nitrogen and oxygen atoms in total. The second kappa shape index (κ2) is 14.5. The Morgan fingerprint density at radius 3 is 1.94 bits per heavy atom. The Morgan fingerprint density at radius 1 is 0.781 bits per heavy atom. The van der Waals surface area contributed by atoms with Gasteiger partial charge in [0.25, 0.3) is 0 Å². The van der Waals surface area contributed by atoms with Crippen LogP contribution in [0.1, 0.15) is 30.9 Å². The molecule has 180 valence electrons. The molecule has 0 amide bonds. The molecule has 1 saturated heterocycles. The molecule has 0 N–H and O–H groups in total. The van der Waals surface area contributed by atoms with Crippen molar-refractivity contribution in [3.8, 4) is 17.2 Å². The fourth-order valence-electron chi connectivity index (χ4n) is 3.80. The molecular weight excluding hydrogens is 447 g/mol. The molecule has 0 spiro atoms. The van der Waals surface area contributed by atoms with E-state index in [4.69, 9.17) is 14.2 Å². The van der Waals surface area contributed by atoms with Crippen molar-refractivity contribution in [2.24, 2.45) is 0 Å². The van der Waals surface area contributed by atoms with Crippen LogP contribution in [0.2, 0.25) is 0 Å². The molecule has 0 aromatic heterocycles. The van der Waals surface area contributed by atoms with Gasteiger partial charge in [-0.15, -0.1) is 24.8 Å². The van der Waals surface area contributed by atoms with Crippen LogP contribution in [-0.2, 0) is 6.42 Å². The van der Waals surface area contributed by atoms with Crippen LogP contribution in [0.15, 0.2) is 42.5 Å². The average Bonchev–Trinajstić information content (AvgIpc) is 2.78. The van der Waals surface area contributed by atoms with Gasteiger partial charge >= 0.3 is 0 Å².